The molecule has 0 saturated heterocycles. The van der Waals surface area contributed by atoms with Gasteiger partial charge in [-0.15, -0.1) is 0 Å². The molecule has 7 heteroatoms. The number of ether oxygens (including phenoxy) is 4. The average molecular weight is 423 g/mol. The van der Waals surface area contributed by atoms with Gasteiger partial charge in [0, 0.05) is 18.1 Å². The molecule has 6 rings (SSSR count). The first-order valence-corrected chi connectivity index (χ1v) is 11.2. The predicted molar refractivity (Wildman–Crippen MR) is 115 cm³/mol. The van der Waals surface area contributed by atoms with Crippen LogP contribution in [-0.4, -0.2) is 55.0 Å². The summed E-state index contributed by atoms with van der Waals surface area (Å²) in [5.41, 5.74) is 0.707. The van der Waals surface area contributed by atoms with Crippen molar-refractivity contribution in [1.29, 1.82) is 0 Å². The van der Waals surface area contributed by atoms with Crippen molar-refractivity contribution < 1.29 is 28.6 Å². The Kier molecular flexibility index (Phi) is 4.45. The highest BCUT2D eigenvalue weighted by atomic mass is 16.6. The van der Waals surface area contributed by atoms with E-state index in [-0.39, 0.29) is 0 Å². The molecule has 31 heavy (non-hydrogen) atoms. The molecule has 0 aromatic heterocycles. The summed E-state index contributed by atoms with van der Waals surface area (Å²) in [6.07, 6.45) is 4.27. The lowest BCUT2D eigenvalue weighted by Gasteiger charge is -2.26. The maximum absolute atomic E-state index is 12.1. The molecule has 162 valence electrons. The average Bonchev–Trinajstić information content (AvgIpc) is 2.96. The van der Waals surface area contributed by atoms with E-state index < -0.39 is 5.72 Å². The van der Waals surface area contributed by atoms with Gasteiger partial charge in [0.1, 0.15) is 32.1 Å². The standard InChI is InChI=1S/C24H27N2O5/c27-24(17-5-7-19-21(14-17)30-12-10-28-19)16-25(23-4-2-1-3-9-26(23)24)18-6-8-20-22(15-18)31-13-11-29-20/h5-8,14-15,27H,1-4,9-13,16H2/q+1. The van der Waals surface area contributed by atoms with Gasteiger partial charge in [-0.1, -0.05) is 0 Å². The van der Waals surface area contributed by atoms with Crippen molar-refractivity contribution in [2.24, 2.45) is 0 Å². The SMILES string of the molecule is OC1(c2ccc3c(c2)OCCO3)CN(c2ccc3c(c2)OCCO3)C2=[N+]1CCCCC2. The highest BCUT2D eigenvalue weighted by Gasteiger charge is 2.52. The maximum Gasteiger partial charge on any atom is 0.271 e. The van der Waals surface area contributed by atoms with Crippen LogP contribution in [0.3, 0.4) is 0 Å². The van der Waals surface area contributed by atoms with E-state index in [1.165, 1.54) is 0 Å². The molecule has 2 aromatic rings. The largest absolute Gasteiger partial charge is 0.486 e. The Morgan fingerprint density at radius 1 is 0.774 bits per heavy atom. The van der Waals surface area contributed by atoms with Crippen LogP contribution in [0.25, 0.3) is 0 Å². The smallest absolute Gasteiger partial charge is 0.271 e. The lowest BCUT2D eigenvalue weighted by Crippen LogP contribution is -2.41. The third kappa shape index (κ3) is 3.10. The molecule has 0 amide bonds. The summed E-state index contributed by atoms with van der Waals surface area (Å²) in [6.45, 7) is 3.48. The Labute approximate surface area is 181 Å². The molecule has 1 atom stereocenters. The first-order chi connectivity index (χ1) is 15.2. The van der Waals surface area contributed by atoms with Crippen LogP contribution in [0.1, 0.15) is 31.2 Å². The Morgan fingerprint density at radius 3 is 2.23 bits per heavy atom. The molecule has 0 fully saturated rings. The number of aliphatic hydroxyl groups is 1. The topological polar surface area (TPSA) is 63.4 Å². The van der Waals surface area contributed by atoms with Crippen LogP contribution in [0.5, 0.6) is 23.0 Å². The molecule has 1 unspecified atom stereocenters. The van der Waals surface area contributed by atoms with Crippen molar-refractivity contribution >= 4 is 11.5 Å². The van der Waals surface area contributed by atoms with E-state index in [2.05, 4.69) is 15.5 Å². The lowest BCUT2D eigenvalue weighted by atomic mass is 10.0. The minimum absolute atomic E-state index is 0.446. The van der Waals surface area contributed by atoms with Crippen molar-refractivity contribution in [3.05, 3.63) is 42.0 Å². The van der Waals surface area contributed by atoms with Crippen molar-refractivity contribution in [3.63, 3.8) is 0 Å². The number of fused-ring (bicyclic) bond motifs is 2. The number of rotatable bonds is 2. The fourth-order valence-electron chi connectivity index (χ4n) is 5.05. The summed E-state index contributed by atoms with van der Waals surface area (Å²) in [4.78, 5) is 2.24. The molecule has 1 N–H and O–H groups in total. The lowest BCUT2D eigenvalue weighted by molar-refractivity contribution is -0.658. The Morgan fingerprint density at radius 2 is 1.45 bits per heavy atom. The fraction of sp³-hybridized carbons (Fsp3) is 0.458. The van der Waals surface area contributed by atoms with Gasteiger partial charge in [-0.25, -0.2) is 9.48 Å². The molecule has 0 bridgehead atoms. The second-order valence-electron chi connectivity index (χ2n) is 8.47. The van der Waals surface area contributed by atoms with Gasteiger partial charge in [0.05, 0.1) is 6.54 Å². The maximum atomic E-state index is 12.1. The normalized spacial score (nSPS) is 24.6. The molecule has 2 aromatic carbocycles. The number of nitrogens with zero attached hydrogens (tertiary/aromatic N) is 2. The van der Waals surface area contributed by atoms with E-state index in [0.717, 1.165) is 66.6 Å². The van der Waals surface area contributed by atoms with Gasteiger partial charge < -0.3 is 24.1 Å². The van der Waals surface area contributed by atoms with Crippen molar-refractivity contribution in [3.8, 4) is 23.0 Å². The van der Waals surface area contributed by atoms with E-state index in [1.54, 1.807) is 0 Å². The summed E-state index contributed by atoms with van der Waals surface area (Å²) in [6, 6.07) is 11.9. The summed E-state index contributed by atoms with van der Waals surface area (Å²) in [5, 5.41) is 12.1. The van der Waals surface area contributed by atoms with Gasteiger partial charge in [0.25, 0.3) is 11.6 Å². The number of β-amino-alcohol motifs (C(OH)–C–C–N with tert-alkyl or cyclic N) is 1. The van der Waals surface area contributed by atoms with Gasteiger partial charge in [0.2, 0.25) is 0 Å². The molecule has 4 heterocycles. The monoisotopic (exact) mass is 423 g/mol. The van der Waals surface area contributed by atoms with E-state index in [9.17, 15) is 5.11 Å². The van der Waals surface area contributed by atoms with E-state index >= 15 is 0 Å². The summed E-state index contributed by atoms with van der Waals surface area (Å²) in [7, 11) is 0. The third-order valence-corrected chi connectivity index (χ3v) is 6.57. The zero-order valence-corrected chi connectivity index (χ0v) is 17.5. The summed E-state index contributed by atoms with van der Waals surface area (Å²) < 4.78 is 25.2. The highest BCUT2D eigenvalue weighted by Crippen LogP contribution is 2.41. The number of anilines is 1. The number of benzene rings is 2. The van der Waals surface area contributed by atoms with Gasteiger partial charge in [-0.3, -0.25) is 0 Å². The van der Waals surface area contributed by atoms with Gasteiger partial charge in [-0.2, -0.15) is 0 Å². The van der Waals surface area contributed by atoms with Crippen LogP contribution in [-0.2, 0) is 5.72 Å². The van der Waals surface area contributed by atoms with Gasteiger partial charge in [-0.05, 0) is 49.6 Å². The summed E-state index contributed by atoms with van der Waals surface area (Å²) >= 11 is 0. The molecule has 7 nitrogen and oxygen atoms in total. The summed E-state index contributed by atoms with van der Waals surface area (Å²) in [5.74, 6) is 4.14. The van der Waals surface area contributed by atoms with Crippen LogP contribution in [0.15, 0.2) is 36.4 Å². The minimum atomic E-state index is -1.14. The zero-order chi connectivity index (χ0) is 20.8. The molecule has 0 radical (unpaired) electrons. The Balaban J connectivity index is 1.42. The molecular weight excluding hydrogens is 396 g/mol. The van der Waals surface area contributed by atoms with Crippen molar-refractivity contribution in [1.82, 2.24) is 0 Å². The van der Waals surface area contributed by atoms with E-state index in [4.69, 9.17) is 18.9 Å². The molecule has 0 saturated carbocycles. The zero-order valence-electron chi connectivity index (χ0n) is 17.5. The fourth-order valence-corrected chi connectivity index (χ4v) is 5.05. The molecule has 0 spiro atoms. The van der Waals surface area contributed by atoms with Crippen LogP contribution >= 0.6 is 0 Å². The molecule has 4 aliphatic rings. The van der Waals surface area contributed by atoms with Crippen LogP contribution in [0.2, 0.25) is 0 Å². The number of hydrogen-bond acceptors (Lipinski definition) is 6. The number of hydrogen-bond donors (Lipinski definition) is 1. The number of amidine groups is 1. The molecular formula is C24H27N2O5+. The van der Waals surface area contributed by atoms with Gasteiger partial charge in [0.15, 0.2) is 29.5 Å². The van der Waals surface area contributed by atoms with Gasteiger partial charge >= 0.3 is 0 Å². The van der Waals surface area contributed by atoms with Crippen LogP contribution in [0.4, 0.5) is 5.69 Å². The van der Waals surface area contributed by atoms with Crippen molar-refractivity contribution in [2.45, 2.75) is 31.4 Å². The van der Waals surface area contributed by atoms with Crippen LogP contribution in [0, 0.1) is 0 Å². The second kappa shape index (κ2) is 7.34. The van der Waals surface area contributed by atoms with E-state index in [1.807, 2.05) is 30.3 Å². The third-order valence-electron chi connectivity index (χ3n) is 6.57. The van der Waals surface area contributed by atoms with E-state index in [0.29, 0.717) is 38.7 Å². The Hall–Kier alpha value is -2.93. The minimum Gasteiger partial charge on any atom is -0.486 e. The Bertz CT molecular complexity index is 1050. The molecule has 4 aliphatic heterocycles. The van der Waals surface area contributed by atoms with Crippen LogP contribution < -0.4 is 23.8 Å². The first-order valence-electron chi connectivity index (χ1n) is 11.2. The molecule has 0 aliphatic carbocycles. The highest BCUT2D eigenvalue weighted by molar-refractivity contribution is 5.96. The first kappa shape index (κ1) is 18.8. The second-order valence-corrected chi connectivity index (χ2v) is 8.47. The van der Waals surface area contributed by atoms with Crippen molar-refractivity contribution in [2.75, 3.05) is 44.4 Å². The predicted octanol–water partition coefficient (Wildman–Crippen LogP) is 2.88. The quantitative estimate of drug-likeness (QED) is 0.750.